The zero-order valence-corrected chi connectivity index (χ0v) is 11.0. The second kappa shape index (κ2) is 6.13. The molecule has 0 aliphatic carbocycles. The van der Waals surface area contributed by atoms with Crippen LogP contribution >= 0.6 is 0 Å². The predicted octanol–water partition coefficient (Wildman–Crippen LogP) is -0.255. The zero-order chi connectivity index (χ0) is 13.9. The summed E-state index contributed by atoms with van der Waals surface area (Å²) in [5.41, 5.74) is 11.3. The smallest absolute Gasteiger partial charge is 0.176 e. The first-order chi connectivity index (χ1) is 9.10. The van der Waals surface area contributed by atoms with E-state index in [4.69, 9.17) is 30.4 Å². The highest BCUT2D eigenvalue weighted by Crippen LogP contribution is 2.31. The number of nitrogens with two attached hydrogens (primary N) is 2. The predicted molar refractivity (Wildman–Crippen MR) is 70.2 cm³/mol. The Labute approximate surface area is 113 Å². The van der Waals surface area contributed by atoms with Gasteiger partial charge in [0.05, 0.1) is 43.9 Å². The summed E-state index contributed by atoms with van der Waals surface area (Å²) >= 11 is 0. The minimum absolute atomic E-state index is 0.283. The lowest BCUT2D eigenvalue weighted by Gasteiger charge is -2.44. The fourth-order valence-corrected chi connectivity index (χ4v) is 2.05. The second-order valence-corrected chi connectivity index (χ2v) is 5.11. The maximum absolute atomic E-state index is 5.79. The summed E-state index contributed by atoms with van der Waals surface area (Å²) in [6, 6.07) is -0.658. The molecule has 2 aliphatic heterocycles. The largest absolute Gasteiger partial charge is 0.350 e. The van der Waals surface area contributed by atoms with E-state index >= 15 is 0 Å². The molecule has 0 aromatic carbocycles. The Hall–Kier alpha value is -0.760. The van der Waals surface area contributed by atoms with Gasteiger partial charge in [0.15, 0.2) is 12.6 Å². The zero-order valence-electron chi connectivity index (χ0n) is 11.0. The normalized spacial score (nSPS) is 38.6. The minimum atomic E-state index is -0.448. The fourth-order valence-electron chi connectivity index (χ4n) is 2.05. The van der Waals surface area contributed by atoms with Crippen molar-refractivity contribution >= 4 is 0 Å². The van der Waals surface area contributed by atoms with Crippen molar-refractivity contribution in [2.45, 2.75) is 24.7 Å². The minimum Gasteiger partial charge on any atom is -0.350 e. The molecule has 1 spiro atoms. The molecule has 19 heavy (non-hydrogen) atoms. The van der Waals surface area contributed by atoms with Crippen LogP contribution in [0.5, 0.6) is 0 Å². The van der Waals surface area contributed by atoms with Crippen molar-refractivity contribution in [3.8, 4) is 0 Å². The molecule has 2 unspecified atom stereocenters. The number of ether oxygens (including phenoxy) is 4. The molecule has 4 N–H and O–H groups in total. The molecule has 0 aromatic rings. The van der Waals surface area contributed by atoms with Crippen molar-refractivity contribution in [1.29, 1.82) is 0 Å². The molecule has 2 heterocycles. The van der Waals surface area contributed by atoms with Crippen molar-refractivity contribution in [3.05, 3.63) is 25.3 Å². The molecule has 2 rings (SSSR count). The van der Waals surface area contributed by atoms with Crippen molar-refractivity contribution in [2.75, 3.05) is 26.4 Å². The molecule has 0 saturated carbocycles. The highest BCUT2D eigenvalue weighted by atomic mass is 16.7. The Balaban J connectivity index is 1.84. The molecule has 6 nitrogen and oxygen atoms in total. The summed E-state index contributed by atoms with van der Waals surface area (Å²) in [4.78, 5) is 0. The van der Waals surface area contributed by atoms with Crippen LogP contribution in [0.4, 0.5) is 0 Å². The topological polar surface area (TPSA) is 89.0 Å². The lowest BCUT2D eigenvalue weighted by Crippen LogP contribution is -2.56. The molecule has 0 aromatic heterocycles. The van der Waals surface area contributed by atoms with Crippen molar-refractivity contribution in [3.63, 3.8) is 0 Å². The Bertz CT molecular complexity index is 285. The standard InChI is InChI=1S/C13H22N2O4/c1-3-9(14)11-16-5-13(6-17-11)7-18-12(19-8-13)10(15)4-2/h3-4,9-12H,1-2,5-8,14-15H2. The van der Waals surface area contributed by atoms with Gasteiger partial charge in [0.2, 0.25) is 0 Å². The van der Waals surface area contributed by atoms with Gasteiger partial charge in [-0.3, -0.25) is 0 Å². The van der Waals surface area contributed by atoms with Crippen LogP contribution in [0.2, 0.25) is 0 Å². The highest BCUT2D eigenvalue weighted by molar-refractivity contribution is 4.93. The van der Waals surface area contributed by atoms with Gasteiger partial charge < -0.3 is 30.4 Å². The molecule has 2 aliphatic rings. The van der Waals surface area contributed by atoms with Gasteiger partial charge in [-0.25, -0.2) is 0 Å². The Morgan fingerprint density at radius 1 is 0.842 bits per heavy atom. The van der Waals surface area contributed by atoms with Crippen LogP contribution in [0, 0.1) is 5.41 Å². The van der Waals surface area contributed by atoms with Crippen LogP contribution in [0.25, 0.3) is 0 Å². The van der Waals surface area contributed by atoms with Crippen LogP contribution in [-0.2, 0) is 18.9 Å². The number of hydrogen-bond acceptors (Lipinski definition) is 6. The Kier molecular flexibility index (Phi) is 4.72. The van der Waals surface area contributed by atoms with Crippen LogP contribution in [0.15, 0.2) is 25.3 Å². The van der Waals surface area contributed by atoms with Crippen LogP contribution in [0.3, 0.4) is 0 Å². The quantitative estimate of drug-likeness (QED) is 0.685. The molecule has 0 bridgehead atoms. The summed E-state index contributed by atoms with van der Waals surface area (Å²) in [6.07, 6.45) is 2.32. The Morgan fingerprint density at radius 3 is 1.42 bits per heavy atom. The van der Waals surface area contributed by atoms with Crippen LogP contribution < -0.4 is 11.5 Å². The van der Waals surface area contributed by atoms with Gasteiger partial charge in [0.25, 0.3) is 0 Å². The van der Waals surface area contributed by atoms with E-state index in [1.807, 2.05) is 0 Å². The van der Waals surface area contributed by atoms with E-state index in [9.17, 15) is 0 Å². The van der Waals surface area contributed by atoms with E-state index < -0.39 is 12.6 Å². The lowest BCUT2D eigenvalue weighted by molar-refractivity contribution is -0.304. The fraction of sp³-hybridized carbons (Fsp3) is 0.692. The van der Waals surface area contributed by atoms with E-state index in [0.717, 1.165) is 0 Å². The highest BCUT2D eigenvalue weighted by Gasteiger charge is 2.43. The van der Waals surface area contributed by atoms with Gasteiger partial charge in [0, 0.05) is 0 Å². The molecule has 0 radical (unpaired) electrons. The van der Waals surface area contributed by atoms with Gasteiger partial charge >= 0.3 is 0 Å². The molecule has 2 saturated heterocycles. The van der Waals surface area contributed by atoms with Crippen molar-refractivity contribution < 1.29 is 18.9 Å². The van der Waals surface area contributed by atoms with E-state index in [2.05, 4.69) is 13.2 Å². The molecule has 2 atom stereocenters. The third-order valence-electron chi connectivity index (χ3n) is 3.39. The molecule has 2 fully saturated rings. The van der Waals surface area contributed by atoms with Crippen LogP contribution in [0.1, 0.15) is 0 Å². The van der Waals surface area contributed by atoms with E-state index in [1.54, 1.807) is 12.2 Å². The van der Waals surface area contributed by atoms with Crippen molar-refractivity contribution in [2.24, 2.45) is 16.9 Å². The third-order valence-corrected chi connectivity index (χ3v) is 3.39. The summed E-state index contributed by atoms with van der Waals surface area (Å²) in [5.74, 6) is 0. The summed E-state index contributed by atoms with van der Waals surface area (Å²) < 4.78 is 22.5. The molecular formula is C13H22N2O4. The maximum atomic E-state index is 5.79. The average Bonchev–Trinajstić information content (AvgIpc) is 2.47. The van der Waals surface area contributed by atoms with Gasteiger partial charge in [0.1, 0.15) is 0 Å². The molecule has 108 valence electrons. The third kappa shape index (κ3) is 3.22. The number of hydrogen-bond donors (Lipinski definition) is 2. The first-order valence-corrected chi connectivity index (χ1v) is 6.33. The van der Waals surface area contributed by atoms with Gasteiger partial charge in [-0.2, -0.15) is 0 Å². The van der Waals surface area contributed by atoms with Crippen molar-refractivity contribution in [1.82, 2.24) is 0 Å². The second-order valence-electron chi connectivity index (χ2n) is 5.11. The SMILES string of the molecule is C=CC(N)C1OCC2(CO1)COC(C(N)C=C)OC2. The van der Waals surface area contributed by atoms with E-state index in [1.165, 1.54) is 0 Å². The van der Waals surface area contributed by atoms with Crippen LogP contribution in [-0.4, -0.2) is 51.1 Å². The molecule has 0 amide bonds. The van der Waals surface area contributed by atoms with E-state index in [-0.39, 0.29) is 17.5 Å². The molecule has 6 heteroatoms. The molecular weight excluding hydrogens is 248 g/mol. The van der Waals surface area contributed by atoms with E-state index in [0.29, 0.717) is 26.4 Å². The summed E-state index contributed by atoms with van der Waals surface area (Å²) in [5, 5.41) is 0. The monoisotopic (exact) mass is 270 g/mol. The summed E-state index contributed by atoms with van der Waals surface area (Å²) in [6.45, 7) is 9.17. The first kappa shape index (κ1) is 14.6. The van der Waals surface area contributed by atoms with Gasteiger partial charge in [-0.15, -0.1) is 13.2 Å². The lowest BCUT2D eigenvalue weighted by atomic mass is 9.90. The number of rotatable bonds is 4. The Morgan fingerprint density at radius 2 is 1.16 bits per heavy atom. The van der Waals surface area contributed by atoms with Gasteiger partial charge in [-0.1, -0.05) is 12.2 Å². The first-order valence-electron chi connectivity index (χ1n) is 6.33. The van der Waals surface area contributed by atoms with Gasteiger partial charge in [-0.05, 0) is 0 Å². The average molecular weight is 270 g/mol. The summed E-state index contributed by atoms with van der Waals surface area (Å²) in [7, 11) is 0. The maximum Gasteiger partial charge on any atom is 0.176 e.